The second-order valence-electron chi connectivity index (χ2n) is 5.49. The molecule has 1 aliphatic rings. The van der Waals surface area contributed by atoms with E-state index in [1.807, 2.05) is 13.0 Å². The summed E-state index contributed by atoms with van der Waals surface area (Å²) in [6.45, 7) is 2.40. The second-order valence-corrected chi connectivity index (χ2v) is 5.49. The summed E-state index contributed by atoms with van der Waals surface area (Å²) in [5.41, 5.74) is 0.882. The Labute approximate surface area is 141 Å². The van der Waals surface area contributed by atoms with Gasteiger partial charge in [-0.3, -0.25) is 19.4 Å². The van der Waals surface area contributed by atoms with Crippen molar-refractivity contribution in [3.8, 4) is 11.5 Å². The summed E-state index contributed by atoms with van der Waals surface area (Å²) in [6.07, 6.45) is 1.97. The van der Waals surface area contributed by atoms with Crippen molar-refractivity contribution in [2.45, 2.75) is 26.2 Å². The van der Waals surface area contributed by atoms with Gasteiger partial charge in [0.15, 0.2) is 11.5 Å². The zero-order valence-electron chi connectivity index (χ0n) is 14.2. The van der Waals surface area contributed by atoms with Gasteiger partial charge in [0.2, 0.25) is 0 Å². The number of hydrogen-bond acceptors (Lipinski definition) is 5. The number of urea groups is 1. The minimum Gasteiger partial charge on any atom is -0.493 e. The zero-order valence-corrected chi connectivity index (χ0v) is 14.2. The Morgan fingerprint density at radius 3 is 2.12 bits per heavy atom. The van der Waals surface area contributed by atoms with Crippen LogP contribution in [-0.2, 0) is 16.0 Å². The molecule has 24 heavy (non-hydrogen) atoms. The van der Waals surface area contributed by atoms with Crippen molar-refractivity contribution in [1.82, 2.24) is 9.80 Å². The number of nitrogens with zero attached hydrogens (tertiary/aromatic N) is 2. The molecular weight excluding hydrogens is 312 g/mol. The number of carbonyl (C=O) groups excluding carboxylic acids is 3. The van der Waals surface area contributed by atoms with Crippen LogP contribution in [0.3, 0.4) is 0 Å². The summed E-state index contributed by atoms with van der Waals surface area (Å²) >= 11 is 0. The first kappa shape index (κ1) is 17.8. The summed E-state index contributed by atoms with van der Waals surface area (Å²) in [5, 5.41) is 0. The third-order valence-corrected chi connectivity index (χ3v) is 3.94. The van der Waals surface area contributed by atoms with E-state index in [0.29, 0.717) is 24.3 Å². The van der Waals surface area contributed by atoms with Crippen molar-refractivity contribution in [2.24, 2.45) is 0 Å². The molecule has 1 aromatic rings. The van der Waals surface area contributed by atoms with Crippen LogP contribution >= 0.6 is 0 Å². The summed E-state index contributed by atoms with van der Waals surface area (Å²) in [6, 6.07) is 4.86. The lowest BCUT2D eigenvalue weighted by molar-refractivity contribution is -0.143. The molecule has 0 N–H and O–H groups in total. The molecule has 1 aromatic carbocycles. The van der Waals surface area contributed by atoms with Crippen LogP contribution in [0, 0.1) is 0 Å². The molecule has 0 saturated carbocycles. The highest BCUT2D eigenvalue weighted by molar-refractivity contribution is 6.44. The molecule has 0 unspecified atom stereocenters. The molecule has 0 aliphatic carbocycles. The van der Waals surface area contributed by atoms with Crippen LogP contribution in [0.25, 0.3) is 0 Å². The van der Waals surface area contributed by atoms with Crippen molar-refractivity contribution in [1.29, 1.82) is 0 Å². The Balaban J connectivity index is 2.05. The molecule has 1 heterocycles. The van der Waals surface area contributed by atoms with Crippen molar-refractivity contribution in [2.75, 3.05) is 27.3 Å². The van der Waals surface area contributed by atoms with Gasteiger partial charge in [-0.15, -0.1) is 0 Å². The van der Waals surface area contributed by atoms with Crippen LogP contribution in [0.1, 0.15) is 25.3 Å². The fourth-order valence-corrected chi connectivity index (χ4v) is 2.54. The lowest BCUT2D eigenvalue weighted by Crippen LogP contribution is -2.35. The van der Waals surface area contributed by atoms with Gasteiger partial charge in [-0.05, 0) is 30.5 Å². The standard InChI is InChI=1S/C17H22N2O5/c1-4-5-9-18-15(20)16(21)19(17(18)22)10-8-12-6-7-13(23-2)14(11-12)24-3/h6-7,11H,4-5,8-10H2,1-3H3. The molecule has 0 spiro atoms. The number of rotatable bonds is 8. The van der Waals surface area contributed by atoms with Gasteiger partial charge >= 0.3 is 17.8 Å². The molecule has 130 valence electrons. The number of ether oxygens (including phenoxy) is 2. The fraction of sp³-hybridized carbons (Fsp3) is 0.471. The Kier molecular flexibility index (Phi) is 5.78. The summed E-state index contributed by atoms with van der Waals surface area (Å²) < 4.78 is 10.4. The van der Waals surface area contributed by atoms with Crippen molar-refractivity contribution >= 4 is 17.8 Å². The Bertz CT molecular complexity index is 644. The lowest BCUT2D eigenvalue weighted by atomic mass is 10.1. The van der Waals surface area contributed by atoms with Gasteiger partial charge in [-0.2, -0.15) is 0 Å². The fourth-order valence-electron chi connectivity index (χ4n) is 2.54. The van der Waals surface area contributed by atoms with Crippen molar-refractivity contribution in [3.05, 3.63) is 23.8 Å². The predicted molar refractivity (Wildman–Crippen MR) is 87.0 cm³/mol. The number of hydrogen-bond donors (Lipinski definition) is 0. The maximum Gasteiger partial charge on any atom is 0.334 e. The number of imide groups is 2. The van der Waals surface area contributed by atoms with E-state index in [1.165, 1.54) is 0 Å². The largest absolute Gasteiger partial charge is 0.493 e. The topological polar surface area (TPSA) is 76.2 Å². The van der Waals surface area contributed by atoms with Crippen LogP contribution in [0.5, 0.6) is 11.5 Å². The number of unbranched alkanes of at least 4 members (excludes halogenated alkanes) is 1. The van der Waals surface area contributed by atoms with Crippen LogP contribution in [0.2, 0.25) is 0 Å². The highest BCUT2D eigenvalue weighted by atomic mass is 16.5. The van der Waals surface area contributed by atoms with Crippen LogP contribution < -0.4 is 9.47 Å². The second kappa shape index (κ2) is 7.81. The van der Waals surface area contributed by atoms with Crippen LogP contribution in [-0.4, -0.2) is 55.0 Å². The van der Waals surface area contributed by atoms with E-state index in [0.717, 1.165) is 21.8 Å². The van der Waals surface area contributed by atoms with Gasteiger partial charge in [0, 0.05) is 13.1 Å². The molecule has 0 radical (unpaired) electrons. The van der Waals surface area contributed by atoms with E-state index in [2.05, 4.69) is 0 Å². The number of amides is 4. The molecule has 2 rings (SSSR count). The van der Waals surface area contributed by atoms with Gasteiger partial charge < -0.3 is 9.47 Å². The van der Waals surface area contributed by atoms with Gasteiger partial charge in [0.25, 0.3) is 0 Å². The molecule has 7 nitrogen and oxygen atoms in total. The molecule has 0 aromatic heterocycles. The highest BCUT2D eigenvalue weighted by Gasteiger charge is 2.43. The first-order valence-corrected chi connectivity index (χ1v) is 7.91. The predicted octanol–water partition coefficient (Wildman–Crippen LogP) is 1.84. The molecule has 7 heteroatoms. The van der Waals surface area contributed by atoms with Gasteiger partial charge in [-0.25, -0.2) is 4.79 Å². The van der Waals surface area contributed by atoms with Gasteiger partial charge in [0.05, 0.1) is 14.2 Å². The molecule has 1 saturated heterocycles. The summed E-state index contributed by atoms with van der Waals surface area (Å²) in [7, 11) is 3.09. The van der Waals surface area contributed by atoms with E-state index < -0.39 is 17.8 Å². The molecule has 1 fully saturated rings. The SMILES string of the molecule is CCCCN1C(=O)C(=O)N(CCc2ccc(OC)c(OC)c2)C1=O. The third-order valence-electron chi connectivity index (χ3n) is 3.94. The first-order chi connectivity index (χ1) is 11.5. The molecule has 1 aliphatic heterocycles. The Morgan fingerprint density at radius 2 is 1.54 bits per heavy atom. The van der Waals surface area contributed by atoms with E-state index in [-0.39, 0.29) is 13.1 Å². The smallest absolute Gasteiger partial charge is 0.334 e. The van der Waals surface area contributed by atoms with E-state index in [1.54, 1.807) is 26.4 Å². The summed E-state index contributed by atoms with van der Waals surface area (Å²) in [5.74, 6) is -0.303. The first-order valence-electron chi connectivity index (χ1n) is 7.91. The minimum absolute atomic E-state index is 0.154. The molecular formula is C17H22N2O5. The zero-order chi connectivity index (χ0) is 17.7. The quantitative estimate of drug-likeness (QED) is 0.535. The van der Waals surface area contributed by atoms with Gasteiger partial charge in [0.1, 0.15) is 0 Å². The maximum absolute atomic E-state index is 12.2. The Hall–Kier alpha value is -2.57. The van der Waals surface area contributed by atoms with Crippen molar-refractivity contribution in [3.63, 3.8) is 0 Å². The normalized spacial score (nSPS) is 14.5. The average Bonchev–Trinajstić information content (AvgIpc) is 2.80. The summed E-state index contributed by atoms with van der Waals surface area (Å²) in [4.78, 5) is 38.2. The maximum atomic E-state index is 12.2. The van der Waals surface area contributed by atoms with Crippen LogP contribution in [0.4, 0.5) is 4.79 Å². The van der Waals surface area contributed by atoms with Crippen molar-refractivity contribution < 1.29 is 23.9 Å². The molecule has 0 atom stereocenters. The van der Waals surface area contributed by atoms with E-state index >= 15 is 0 Å². The van der Waals surface area contributed by atoms with E-state index in [9.17, 15) is 14.4 Å². The third kappa shape index (κ3) is 3.50. The van der Waals surface area contributed by atoms with Crippen LogP contribution in [0.15, 0.2) is 18.2 Å². The monoisotopic (exact) mass is 334 g/mol. The number of benzene rings is 1. The number of carbonyl (C=O) groups is 3. The molecule has 4 amide bonds. The molecule has 0 bridgehead atoms. The average molecular weight is 334 g/mol. The number of methoxy groups -OCH3 is 2. The Morgan fingerprint density at radius 1 is 0.917 bits per heavy atom. The minimum atomic E-state index is -0.753. The van der Waals surface area contributed by atoms with E-state index in [4.69, 9.17) is 9.47 Å². The lowest BCUT2D eigenvalue weighted by Gasteiger charge is -2.15. The highest BCUT2D eigenvalue weighted by Crippen LogP contribution is 2.28. The van der Waals surface area contributed by atoms with Gasteiger partial charge in [-0.1, -0.05) is 19.4 Å².